The topological polar surface area (TPSA) is 42.4 Å². The molecule has 4 saturated carbocycles. The van der Waals surface area contributed by atoms with Crippen molar-refractivity contribution in [2.45, 2.75) is 51.0 Å². The van der Waals surface area contributed by atoms with Crippen LogP contribution in [0.1, 0.15) is 56.7 Å². The van der Waals surface area contributed by atoms with Crippen molar-refractivity contribution in [3.05, 3.63) is 30.1 Å². The van der Waals surface area contributed by atoms with E-state index in [2.05, 4.69) is 4.98 Å². The molecule has 4 aliphatic rings. The summed E-state index contributed by atoms with van der Waals surface area (Å²) in [6.07, 6.45) is 10.6. The van der Waals surface area contributed by atoms with Gasteiger partial charge in [0.2, 0.25) is 5.91 Å². The van der Waals surface area contributed by atoms with Crippen LogP contribution in [0.3, 0.4) is 0 Å². The molecule has 4 bridgehead atoms. The smallest absolute Gasteiger partial charge is 0.223 e. The van der Waals surface area contributed by atoms with Crippen molar-refractivity contribution < 1.29 is 9.53 Å². The maximum Gasteiger partial charge on any atom is 0.223 e. The Morgan fingerprint density at radius 3 is 2.40 bits per heavy atom. The summed E-state index contributed by atoms with van der Waals surface area (Å²) in [4.78, 5) is 19.5. The third-order valence-electron chi connectivity index (χ3n) is 6.91. The number of aromatic nitrogens is 1. The van der Waals surface area contributed by atoms with Crippen molar-refractivity contribution in [3.8, 4) is 0 Å². The number of methoxy groups -OCH3 is 1. The molecular weight excluding hydrogens is 312 g/mol. The molecule has 0 unspecified atom stereocenters. The first-order valence-electron chi connectivity index (χ1n) is 9.74. The molecule has 0 spiro atoms. The van der Waals surface area contributed by atoms with Gasteiger partial charge in [-0.2, -0.15) is 0 Å². The third-order valence-corrected chi connectivity index (χ3v) is 6.91. The molecule has 0 saturated heterocycles. The zero-order valence-electron chi connectivity index (χ0n) is 15.5. The zero-order valence-corrected chi connectivity index (χ0v) is 15.5. The average Bonchev–Trinajstić information content (AvgIpc) is 2.58. The van der Waals surface area contributed by atoms with Crippen LogP contribution in [0.5, 0.6) is 0 Å². The van der Waals surface area contributed by atoms with Gasteiger partial charge in [-0.05, 0) is 73.8 Å². The van der Waals surface area contributed by atoms with Crippen LogP contribution in [0, 0.1) is 23.2 Å². The van der Waals surface area contributed by atoms with Gasteiger partial charge in [0.25, 0.3) is 0 Å². The Hall–Kier alpha value is -1.42. The van der Waals surface area contributed by atoms with Gasteiger partial charge in [0.1, 0.15) is 0 Å². The summed E-state index contributed by atoms with van der Waals surface area (Å²) in [5.74, 6) is 2.91. The van der Waals surface area contributed by atoms with Gasteiger partial charge in [0.15, 0.2) is 0 Å². The molecule has 1 atom stereocenters. The maximum absolute atomic E-state index is 13.2. The number of hydrogen-bond donors (Lipinski definition) is 0. The molecule has 0 radical (unpaired) electrons. The van der Waals surface area contributed by atoms with E-state index in [0.717, 1.165) is 23.4 Å². The lowest BCUT2D eigenvalue weighted by Gasteiger charge is -2.57. The number of carbonyl (C=O) groups is 1. The van der Waals surface area contributed by atoms with Gasteiger partial charge in [0.05, 0.1) is 18.3 Å². The minimum atomic E-state index is -0.104. The second kappa shape index (κ2) is 6.71. The van der Waals surface area contributed by atoms with E-state index in [-0.39, 0.29) is 17.4 Å². The van der Waals surface area contributed by atoms with E-state index in [1.54, 1.807) is 13.3 Å². The lowest BCUT2D eigenvalue weighted by molar-refractivity contribution is -0.141. The first-order chi connectivity index (χ1) is 12.1. The van der Waals surface area contributed by atoms with Gasteiger partial charge in [0, 0.05) is 26.8 Å². The van der Waals surface area contributed by atoms with E-state index in [1.165, 1.54) is 38.5 Å². The van der Waals surface area contributed by atoms with E-state index >= 15 is 0 Å². The number of ether oxygens (including phenoxy) is 1. The Morgan fingerprint density at radius 1 is 1.24 bits per heavy atom. The molecule has 25 heavy (non-hydrogen) atoms. The molecule has 1 aromatic heterocycles. The predicted octanol–water partition coefficient (Wildman–Crippen LogP) is 3.83. The van der Waals surface area contributed by atoms with Crippen LogP contribution >= 0.6 is 0 Å². The van der Waals surface area contributed by atoms with Gasteiger partial charge in [-0.3, -0.25) is 9.78 Å². The summed E-state index contributed by atoms with van der Waals surface area (Å²) in [7, 11) is 3.61. The molecule has 5 rings (SSSR count). The average molecular weight is 342 g/mol. The number of rotatable bonds is 6. The molecule has 136 valence electrons. The molecule has 1 heterocycles. The minimum absolute atomic E-state index is 0.104. The highest BCUT2D eigenvalue weighted by Crippen LogP contribution is 2.61. The summed E-state index contributed by atoms with van der Waals surface area (Å²) in [5, 5.41) is 0. The highest BCUT2D eigenvalue weighted by molar-refractivity contribution is 5.77. The van der Waals surface area contributed by atoms with Crippen molar-refractivity contribution in [3.63, 3.8) is 0 Å². The normalized spacial score (nSPS) is 34.1. The number of hydrogen-bond acceptors (Lipinski definition) is 3. The van der Waals surface area contributed by atoms with Gasteiger partial charge in [-0.1, -0.05) is 6.07 Å². The molecule has 1 amide bonds. The summed E-state index contributed by atoms with van der Waals surface area (Å²) >= 11 is 0. The summed E-state index contributed by atoms with van der Waals surface area (Å²) in [6.45, 7) is 0.486. The summed E-state index contributed by atoms with van der Waals surface area (Å²) < 4.78 is 5.39. The van der Waals surface area contributed by atoms with Crippen molar-refractivity contribution in [2.24, 2.45) is 23.2 Å². The third kappa shape index (κ3) is 3.33. The van der Waals surface area contributed by atoms with Crippen LogP contribution in [0.25, 0.3) is 0 Å². The Labute approximate surface area is 151 Å². The van der Waals surface area contributed by atoms with Gasteiger partial charge < -0.3 is 9.64 Å². The molecule has 4 nitrogen and oxygen atoms in total. The van der Waals surface area contributed by atoms with Crippen LogP contribution in [0.4, 0.5) is 0 Å². The van der Waals surface area contributed by atoms with Gasteiger partial charge in [-0.25, -0.2) is 0 Å². The van der Waals surface area contributed by atoms with Gasteiger partial charge >= 0.3 is 0 Å². The van der Waals surface area contributed by atoms with Crippen molar-refractivity contribution in [1.82, 2.24) is 9.88 Å². The monoisotopic (exact) mass is 342 g/mol. The number of likely N-dealkylation sites (N-methyl/N-ethyl adjacent to an activating group) is 1. The fourth-order valence-electron chi connectivity index (χ4n) is 6.25. The van der Waals surface area contributed by atoms with Gasteiger partial charge in [-0.15, -0.1) is 0 Å². The molecule has 0 aliphatic heterocycles. The van der Waals surface area contributed by atoms with E-state index < -0.39 is 0 Å². The first kappa shape index (κ1) is 17.0. The second-order valence-electron chi connectivity index (χ2n) is 8.82. The van der Waals surface area contributed by atoms with E-state index in [9.17, 15) is 4.79 Å². The standard InChI is InChI=1S/C21H30N2O2/c1-23(19(14-25-2)18-5-3-4-6-22-18)20(24)13-21-10-15-7-16(11-21)9-17(8-15)12-21/h3-6,15-17,19H,7-14H2,1-2H3/t15?,16?,17?,19-,21?/m1/s1. The number of nitrogens with zero attached hydrogens (tertiary/aromatic N) is 2. The van der Waals surface area contributed by atoms with Crippen LogP contribution in [0.2, 0.25) is 0 Å². The molecule has 4 aliphatic carbocycles. The van der Waals surface area contributed by atoms with Crippen molar-refractivity contribution >= 4 is 5.91 Å². The lowest BCUT2D eigenvalue weighted by atomic mass is 9.49. The Balaban J connectivity index is 1.48. The molecule has 1 aromatic rings. The highest BCUT2D eigenvalue weighted by atomic mass is 16.5. The Bertz CT molecular complexity index is 580. The van der Waals surface area contributed by atoms with E-state index in [1.807, 2.05) is 30.1 Å². The molecule has 0 aromatic carbocycles. The zero-order chi connectivity index (χ0) is 17.4. The molecule has 4 fully saturated rings. The second-order valence-corrected chi connectivity index (χ2v) is 8.82. The van der Waals surface area contributed by atoms with Crippen LogP contribution < -0.4 is 0 Å². The molecule has 4 heteroatoms. The predicted molar refractivity (Wildman–Crippen MR) is 96.8 cm³/mol. The number of pyridine rings is 1. The Kier molecular flexibility index (Phi) is 4.57. The fourth-order valence-corrected chi connectivity index (χ4v) is 6.25. The van der Waals surface area contributed by atoms with Crippen molar-refractivity contribution in [1.29, 1.82) is 0 Å². The number of amides is 1. The van der Waals surface area contributed by atoms with Crippen LogP contribution in [-0.2, 0) is 9.53 Å². The fraction of sp³-hybridized carbons (Fsp3) is 0.714. The van der Waals surface area contributed by atoms with E-state index in [4.69, 9.17) is 4.74 Å². The Morgan fingerprint density at radius 2 is 1.88 bits per heavy atom. The van der Waals surface area contributed by atoms with Crippen LogP contribution in [-0.4, -0.2) is 36.6 Å². The molecule has 0 N–H and O–H groups in total. The van der Waals surface area contributed by atoms with Crippen molar-refractivity contribution in [2.75, 3.05) is 20.8 Å². The lowest BCUT2D eigenvalue weighted by Crippen LogP contribution is -2.48. The number of carbonyl (C=O) groups excluding carboxylic acids is 1. The summed E-state index contributed by atoms with van der Waals surface area (Å²) in [6, 6.07) is 5.76. The summed E-state index contributed by atoms with van der Waals surface area (Å²) in [5.41, 5.74) is 1.19. The largest absolute Gasteiger partial charge is 0.382 e. The maximum atomic E-state index is 13.2. The SMILES string of the molecule is COC[C@H](c1ccccn1)N(C)C(=O)CC12CC3CC(CC(C3)C1)C2. The highest BCUT2D eigenvalue weighted by Gasteiger charge is 2.51. The first-order valence-corrected chi connectivity index (χ1v) is 9.74. The molecular formula is C21H30N2O2. The quantitative estimate of drug-likeness (QED) is 0.789. The minimum Gasteiger partial charge on any atom is -0.382 e. The van der Waals surface area contributed by atoms with E-state index in [0.29, 0.717) is 13.0 Å². The van der Waals surface area contributed by atoms with Crippen LogP contribution in [0.15, 0.2) is 24.4 Å².